The normalized spacial score (nSPS) is 28.5. The van der Waals surface area contributed by atoms with E-state index >= 15 is 0 Å². The minimum atomic E-state index is -0.461. The van der Waals surface area contributed by atoms with Gasteiger partial charge in [0.1, 0.15) is 11.3 Å². The number of carbonyl (C=O) groups excluding carboxylic acids is 1. The van der Waals surface area contributed by atoms with E-state index < -0.39 is 5.63 Å². The van der Waals surface area contributed by atoms with E-state index in [2.05, 4.69) is 5.32 Å². The second-order valence-corrected chi connectivity index (χ2v) is 7.70. The van der Waals surface area contributed by atoms with Crippen molar-refractivity contribution in [3.8, 4) is 0 Å². The molecule has 0 aromatic carbocycles. The molecule has 1 aliphatic carbocycles. The second kappa shape index (κ2) is 7.50. The summed E-state index contributed by atoms with van der Waals surface area (Å²) in [6, 6.07) is 1.91. The highest BCUT2D eigenvalue weighted by molar-refractivity contribution is 5.95. The first-order valence-corrected chi connectivity index (χ1v) is 9.28. The maximum absolute atomic E-state index is 12.9. The van der Waals surface area contributed by atoms with E-state index in [0.717, 1.165) is 50.3 Å². The predicted octanol–water partition coefficient (Wildman–Crippen LogP) is 2.71. The summed E-state index contributed by atoms with van der Waals surface area (Å²) in [6.45, 7) is 5.33. The zero-order valence-electron chi connectivity index (χ0n) is 14.8. The summed E-state index contributed by atoms with van der Waals surface area (Å²) in [5.41, 5.74) is 0.536. The van der Waals surface area contributed by atoms with Crippen LogP contribution in [0.1, 0.15) is 59.7 Å². The molecule has 0 radical (unpaired) electrons. The van der Waals surface area contributed by atoms with E-state index in [0.29, 0.717) is 11.8 Å². The number of nitrogens with one attached hydrogen (secondary N) is 1. The molecule has 25 heavy (non-hydrogen) atoms. The fraction of sp³-hybridized carbons (Fsp3) is 0.684. The van der Waals surface area contributed by atoms with Crippen LogP contribution in [-0.2, 0) is 0 Å². The maximum atomic E-state index is 12.9. The average molecular weight is 367 g/mol. The van der Waals surface area contributed by atoms with Crippen molar-refractivity contribution in [2.24, 2.45) is 11.8 Å². The molecular weight excluding hydrogens is 340 g/mol. The summed E-state index contributed by atoms with van der Waals surface area (Å²) < 4.78 is 5.56. The Morgan fingerprint density at radius 2 is 1.92 bits per heavy atom. The molecule has 1 saturated carbocycles. The largest absolute Gasteiger partial charge is 0.427 e. The highest BCUT2D eigenvalue weighted by Crippen LogP contribution is 2.38. The van der Waals surface area contributed by atoms with Crippen LogP contribution in [0.4, 0.5) is 0 Å². The lowest BCUT2D eigenvalue weighted by Gasteiger charge is -2.22. The Balaban J connectivity index is 0.00000182. The Morgan fingerprint density at radius 1 is 1.20 bits per heavy atom. The molecule has 3 fully saturated rings. The Kier molecular flexibility index (Phi) is 5.54. The SMILES string of the molecule is Cc1cc(C2CCCNC2)oc(=O)c1C(=O)N1C[C@H]2CCC[C@H]2C1.Cl. The van der Waals surface area contributed by atoms with Crippen molar-refractivity contribution in [3.05, 3.63) is 33.4 Å². The van der Waals surface area contributed by atoms with Gasteiger partial charge in [-0.05, 0) is 62.6 Å². The minimum absolute atomic E-state index is 0. The van der Waals surface area contributed by atoms with Crippen LogP contribution in [0.15, 0.2) is 15.3 Å². The van der Waals surface area contributed by atoms with E-state index in [1.807, 2.05) is 17.9 Å². The minimum Gasteiger partial charge on any atom is -0.427 e. The van der Waals surface area contributed by atoms with Gasteiger partial charge in [0.05, 0.1) is 0 Å². The van der Waals surface area contributed by atoms with Gasteiger partial charge in [-0.1, -0.05) is 6.42 Å². The van der Waals surface area contributed by atoms with Crippen LogP contribution in [0.2, 0.25) is 0 Å². The van der Waals surface area contributed by atoms with Crippen LogP contribution in [-0.4, -0.2) is 37.0 Å². The molecule has 3 atom stereocenters. The lowest BCUT2D eigenvalue weighted by atomic mass is 9.95. The molecule has 1 amide bonds. The Labute approximate surface area is 154 Å². The van der Waals surface area contributed by atoms with Gasteiger partial charge in [0.15, 0.2) is 0 Å². The second-order valence-electron chi connectivity index (χ2n) is 7.70. The van der Waals surface area contributed by atoms with Gasteiger partial charge in [0.25, 0.3) is 5.91 Å². The molecule has 1 N–H and O–H groups in total. The van der Waals surface area contributed by atoms with Crippen LogP contribution < -0.4 is 10.9 Å². The summed E-state index contributed by atoms with van der Waals surface area (Å²) in [6.07, 6.45) is 5.83. The molecule has 6 heteroatoms. The van der Waals surface area contributed by atoms with Gasteiger partial charge < -0.3 is 14.6 Å². The smallest absolute Gasteiger partial charge is 0.349 e. The molecule has 138 valence electrons. The van der Waals surface area contributed by atoms with Crippen molar-refractivity contribution < 1.29 is 9.21 Å². The third kappa shape index (κ3) is 3.49. The summed E-state index contributed by atoms with van der Waals surface area (Å²) in [5.74, 6) is 2.09. The van der Waals surface area contributed by atoms with Crippen molar-refractivity contribution in [2.45, 2.75) is 44.9 Å². The van der Waals surface area contributed by atoms with E-state index in [4.69, 9.17) is 4.42 Å². The highest BCUT2D eigenvalue weighted by Gasteiger charge is 2.39. The maximum Gasteiger partial charge on any atom is 0.349 e. The topological polar surface area (TPSA) is 62.6 Å². The number of hydrogen-bond acceptors (Lipinski definition) is 4. The fourth-order valence-electron chi connectivity index (χ4n) is 4.74. The molecule has 0 bridgehead atoms. The first-order valence-electron chi connectivity index (χ1n) is 9.28. The summed E-state index contributed by atoms with van der Waals surface area (Å²) in [5, 5.41) is 3.34. The Bertz CT molecular complexity index is 684. The first-order chi connectivity index (χ1) is 11.6. The van der Waals surface area contributed by atoms with Crippen molar-refractivity contribution in [1.82, 2.24) is 10.2 Å². The number of rotatable bonds is 2. The number of aryl methyl sites for hydroxylation is 1. The Hall–Kier alpha value is -1.33. The zero-order chi connectivity index (χ0) is 16.7. The summed E-state index contributed by atoms with van der Waals surface area (Å²) in [4.78, 5) is 27.2. The first kappa shape index (κ1) is 18.5. The van der Waals surface area contributed by atoms with Gasteiger partial charge in [-0.2, -0.15) is 0 Å². The molecule has 5 nitrogen and oxygen atoms in total. The third-order valence-electron chi connectivity index (χ3n) is 6.09. The number of hydrogen-bond donors (Lipinski definition) is 1. The number of piperidine rings is 1. The molecule has 2 aliphatic heterocycles. The fourth-order valence-corrected chi connectivity index (χ4v) is 4.74. The highest BCUT2D eigenvalue weighted by atomic mass is 35.5. The van der Waals surface area contributed by atoms with E-state index in [1.54, 1.807) is 0 Å². The quantitative estimate of drug-likeness (QED) is 0.874. The van der Waals surface area contributed by atoms with Crippen LogP contribution in [0, 0.1) is 18.8 Å². The summed E-state index contributed by atoms with van der Waals surface area (Å²) >= 11 is 0. The van der Waals surface area contributed by atoms with E-state index in [1.165, 1.54) is 19.3 Å². The lowest BCUT2D eigenvalue weighted by Crippen LogP contribution is -2.34. The van der Waals surface area contributed by atoms with E-state index in [9.17, 15) is 9.59 Å². The molecule has 3 heterocycles. The lowest BCUT2D eigenvalue weighted by molar-refractivity contribution is 0.0774. The monoisotopic (exact) mass is 366 g/mol. The number of likely N-dealkylation sites (tertiary alicyclic amines) is 1. The molecule has 1 aromatic heterocycles. The van der Waals surface area contributed by atoms with Crippen molar-refractivity contribution >= 4 is 18.3 Å². The number of carbonyl (C=O) groups is 1. The number of amides is 1. The molecule has 1 aromatic rings. The zero-order valence-corrected chi connectivity index (χ0v) is 15.6. The van der Waals surface area contributed by atoms with Crippen LogP contribution in [0.5, 0.6) is 0 Å². The van der Waals surface area contributed by atoms with Crippen LogP contribution in [0.3, 0.4) is 0 Å². The molecule has 3 aliphatic rings. The van der Waals surface area contributed by atoms with Gasteiger partial charge in [-0.25, -0.2) is 4.79 Å². The molecular formula is C19H27ClN2O3. The van der Waals surface area contributed by atoms with Gasteiger partial charge in [0, 0.05) is 25.6 Å². The van der Waals surface area contributed by atoms with Gasteiger partial charge >= 0.3 is 5.63 Å². The number of halogens is 1. The predicted molar refractivity (Wildman–Crippen MR) is 98.5 cm³/mol. The average Bonchev–Trinajstić information content (AvgIpc) is 3.16. The van der Waals surface area contributed by atoms with Gasteiger partial charge in [-0.15, -0.1) is 12.4 Å². The van der Waals surface area contributed by atoms with Crippen LogP contribution >= 0.6 is 12.4 Å². The van der Waals surface area contributed by atoms with Crippen LogP contribution in [0.25, 0.3) is 0 Å². The molecule has 4 rings (SSSR count). The molecule has 0 spiro atoms. The number of fused-ring (bicyclic) bond motifs is 1. The number of nitrogens with zero attached hydrogens (tertiary/aromatic N) is 1. The van der Waals surface area contributed by atoms with Crippen molar-refractivity contribution in [1.29, 1.82) is 0 Å². The van der Waals surface area contributed by atoms with Gasteiger partial charge in [0.2, 0.25) is 0 Å². The van der Waals surface area contributed by atoms with Crippen molar-refractivity contribution in [2.75, 3.05) is 26.2 Å². The van der Waals surface area contributed by atoms with E-state index in [-0.39, 0.29) is 29.8 Å². The molecule has 2 saturated heterocycles. The third-order valence-corrected chi connectivity index (χ3v) is 6.09. The van der Waals surface area contributed by atoms with Gasteiger partial charge in [-0.3, -0.25) is 4.79 Å². The summed E-state index contributed by atoms with van der Waals surface area (Å²) in [7, 11) is 0. The standard InChI is InChI=1S/C19H26N2O3.ClH/c1-12-8-16(13-6-3-7-20-9-13)24-19(23)17(12)18(22)21-10-14-4-2-5-15(14)11-21;/h8,13-15,20H,2-7,9-11H2,1H3;1H/t13?,14-,15+;. The van der Waals surface area contributed by atoms with Crippen molar-refractivity contribution in [3.63, 3.8) is 0 Å². The molecule has 1 unspecified atom stereocenters. The Morgan fingerprint density at radius 3 is 2.52 bits per heavy atom.